The third kappa shape index (κ3) is 5.76. The first-order valence-corrected chi connectivity index (χ1v) is 12.4. The molecule has 0 amide bonds. The first-order chi connectivity index (χ1) is 16.0. The van der Waals surface area contributed by atoms with E-state index in [0.29, 0.717) is 23.1 Å². The second-order valence-corrected chi connectivity index (χ2v) is 9.17. The molecule has 7 nitrogen and oxygen atoms in total. The standard InChI is InChI=1S/C24H21N3O4S2/c1-2-30-23-15-18(13-14-22(23)31-33(28,29)20-11-7-4-8-12-20)16-25-27-24-26-21(17-32-24)19-9-5-3-6-10-19/h3-17H,2H2,1H3,(H,26,27). The third-order valence-electron chi connectivity index (χ3n) is 4.45. The van der Waals surface area contributed by atoms with Crippen molar-refractivity contribution < 1.29 is 17.3 Å². The molecule has 0 aliphatic carbocycles. The molecule has 0 unspecified atom stereocenters. The van der Waals surface area contributed by atoms with Gasteiger partial charge in [-0.3, -0.25) is 5.43 Å². The maximum Gasteiger partial charge on any atom is 0.339 e. The molecule has 0 bridgehead atoms. The quantitative estimate of drug-likeness (QED) is 0.196. The molecular weight excluding hydrogens is 458 g/mol. The van der Waals surface area contributed by atoms with Crippen LogP contribution in [0.15, 0.2) is 94.2 Å². The third-order valence-corrected chi connectivity index (χ3v) is 6.44. The summed E-state index contributed by atoms with van der Waals surface area (Å²) >= 11 is 1.45. The molecule has 4 aromatic rings. The highest BCUT2D eigenvalue weighted by Crippen LogP contribution is 2.31. The Bertz CT molecular complexity index is 1340. The Hall–Kier alpha value is -3.69. The van der Waals surface area contributed by atoms with Gasteiger partial charge >= 0.3 is 10.1 Å². The summed E-state index contributed by atoms with van der Waals surface area (Å²) in [5, 5.41) is 6.84. The van der Waals surface area contributed by atoms with Crippen LogP contribution in [0.1, 0.15) is 12.5 Å². The summed E-state index contributed by atoms with van der Waals surface area (Å²) < 4.78 is 36.0. The number of anilines is 1. The largest absolute Gasteiger partial charge is 0.490 e. The summed E-state index contributed by atoms with van der Waals surface area (Å²) in [5.41, 5.74) is 5.53. The molecule has 0 aliphatic heterocycles. The van der Waals surface area contributed by atoms with E-state index in [2.05, 4.69) is 15.5 Å². The monoisotopic (exact) mass is 479 g/mol. The minimum atomic E-state index is -3.97. The predicted molar refractivity (Wildman–Crippen MR) is 131 cm³/mol. The maximum atomic E-state index is 12.6. The van der Waals surface area contributed by atoms with E-state index in [1.54, 1.807) is 42.6 Å². The van der Waals surface area contributed by atoms with Gasteiger partial charge in [0.25, 0.3) is 0 Å². The number of ether oxygens (including phenoxy) is 1. The number of nitrogens with one attached hydrogen (secondary N) is 1. The highest BCUT2D eigenvalue weighted by atomic mass is 32.2. The summed E-state index contributed by atoms with van der Waals surface area (Å²) in [7, 11) is -3.97. The van der Waals surface area contributed by atoms with Crippen molar-refractivity contribution in [3.05, 3.63) is 89.8 Å². The fraction of sp³-hybridized carbons (Fsp3) is 0.0833. The van der Waals surface area contributed by atoms with Gasteiger partial charge in [-0.05, 0) is 42.8 Å². The second-order valence-electron chi connectivity index (χ2n) is 6.76. The van der Waals surface area contributed by atoms with Crippen LogP contribution >= 0.6 is 11.3 Å². The lowest BCUT2D eigenvalue weighted by atomic mass is 10.2. The van der Waals surface area contributed by atoms with Gasteiger partial charge in [0.15, 0.2) is 11.5 Å². The Kier molecular flexibility index (Phi) is 7.01. The molecule has 33 heavy (non-hydrogen) atoms. The zero-order chi connectivity index (χ0) is 23.1. The second kappa shape index (κ2) is 10.3. The fourth-order valence-corrected chi connectivity index (χ4v) is 4.55. The van der Waals surface area contributed by atoms with Crippen LogP contribution in [0, 0.1) is 0 Å². The van der Waals surface area contributed by atoms with Crippen molar-refractivity contribution >= 4 is 32.8 Å². The minimum Gasteiger partial charge on any atom is -0.490 e. The zero-order valence-corrected chi connectivity index (χ0v) is 19.3. The highest BCUT2D eigenvalue weighted by Gasteiger charge is 2.19. The van der Waals surface area contributed by atoms with E-state index < -0.39 is 10.1 Å². The van der Waals surface area contributed by atoms with Crippen LogP contribution in [0.4, 0.5) is 5.13 Å². The molecule has 0 atom stereocenters. The van der Waals surface area contributed by atoms with E-state index in [-0.39, 0.29) is 10.6 Å². The molecule has 3 aromatic carbocycles. The molecule has 1 N–H and O–H groups in total. The normalized spacial score (nSPS) is 11.4. The summed E-state index contributed by atoms with van der Waals surface area (Å²) in [6.45, 7) is 2.16. The van der Waals surface area contributed by atoms with E-state index in [1.165, 1.54) is 23.5 Å². The number of aromatic nitrogens is 1. The Morgan fingerprint density at radius 3 is 2.45 bits per heavy atom. The number of thiazole rings is 1. The van der Waals surface area contributed by atoms with Crippen LogP contribution in [-0.4, -0.2) is 26.2 Å². The van der Waals surface area contributed by atoms with Gasteiger partial charge in [-0.15, -0.1) is 11.3 Å². The smallest absolute Gasteiger partial charge is 0.339 e. The first-order valence-electron chi connectivity index (χ1n) is 10.1. The Labute approximate surface area is 196 Å². The van der Waals surface area contributed by atoms with Gasteiger partial charge in [-0.25, -0.2) is 4.98 Å². The van der Waals surface area contributed by atoms with Gasteiger partial charge in [0.1, 0.15) is 4.90 Å². The molecule has 0 saturated carbocycles. The number of nitrogens with zero attached hydrogens (tertiary/aromatic N) is 2. The zero-order valence-electron chi connectivity index (χ0n) is 17.7. The predicted octanol–water partition coefficient (Wildman–Crippen LogP) is 5.42. The Balaban J connectivity index is 1.47. The van der Waals surface area contributed by atoms with Gasteiger partial charge < -0.3 is 8.92 Å². The Morgan fingerprint density at radius 1 is 1.00 bits per heavy atom. The lowest BCUT2D eigenvalue weighted by Gasteiger charge is -2.12. The van der Waals surface area contributed by atoms with Crippen LogP contribution in [0.5, 0.6) is 11.5 Å². The van der Waals surface area contributed by atoms with E-state index in [1.807, 2.05) is 42.6 Å². The van der Waals surface area contributed by atoms with Gasteiger partial charge in [0.2, 0.25) is 5.13 Å². The lowest BCUT2D eigenvalue weighted by molar-refractivity contribution is 0.327. The van der Waals surface area contributed by atoms with Crippen molar-refractivity contribution in [2.24, 2.45) is 5.10 Å². The molecule has 0 spiro atoms. The van der Waals surface area contributed by atoms with Crippen LogP contribution in [0.2, 0.25) is 0 Å². The van der Waals surface area contributed by atoms with Crippen molar-refractivity contribution in [2.45, 2.75) is 11.8 Å². The van der Waals surface area contributed by atoms with Crippen LogP contribution in [0.25, 0.3) is 11.3 Å². The van der Waals surface area contributed by atoms with E-state index in [4.69, 9.17) is 8.92 Å². The number of hydrogen-bond acceptors (Lipinski definition) is 8. The van der Waals surface area contributed by atoms with Gasteiger partial charge in [-0.1, -0.05) is 48.5 Å². The van der Waals surface area contributed by atoms with Gasteiger partial charge in [-0.2, -0.15) is 13.5 Å². The molecule has 0 aliphatic rings. The van der Waals surface area contributed by atoms with Crippen molar-refractivity contribution in [1.82, 2.24) is 4.98 Å². The molecule has 0 fully saturated rings. The molecule has 1 aromatic heterocycles. The number of hydrogen-bond donors (Lipinski definition) is 1. The number of benzene rings is 3. The number of rotatable bonds is 9. The minimum absolute atomic E-state index is 0.0700. The van der Waals surface area contributed by atoms with Crippen molar-refractivity contribution in [3.63, 3.8) is 0 Å². The van der Waals surface area contributed by atoms with E-state index in [0.717, 1.165) is 11.3 Å². The maximum absolute atomic E-state index is 12.6. The lowest BCUT2D eigenvalue weighted by Crippen LogP contribution is -2.10. The molecule has 1 heterocycles. The van der Waals surface area contributed by atoms with Crippen LogP contribution < -0.4 is 14.3 Å². The van der Waals surface area contributed by atoms with Gasteiger partial charge in [0, 0.05) is 10.9 Å². The summed E-state index contributed by atoms with van der Waals surface area (Å²) in [6.07, 6.45) is 1.60. The van der Waals surface area contributed by atoms with Crippen molar-refractivity contribution in [1.29, 1.82) is 0 Å². The summed E-state index contributed by atoms with van der Waals surface area (Å²) in [5.74, 6) is 0.416. The van der Waals surface area contributed by atoms with E-state index in [9.17, 15) is 8.42 Å². The SMILES string of the molecule is CCOc1cc(C=NNc2nc(-c3ccccc3)cs2)ccc1OS(=O)(=O)c1ccccc1. The first kappa shape index (κ1) is 22.5. The molecule has 4 rings (SSSR count). The van der Waals surface area contributed by atoms with E-state index >= 15 is 0 Å². The van der Waals surface area contributed by atoms with Crippen molar-refractivity contribution in [3.8, 4) is 22.8 Å². The van der Waals surface area contributed by atoms with Gasteiger partial charge in [0.05, 0.1) is 18.5 Å². The fourth-order valence-electron chi connectivity index (χ4n) is 2.92. The highest BCUT2D eigenvalue weighted by molar-refractivity contribution is 7.87. The number of hydrazone groups is 1. The molecular formula is C24H21N3O4S2. The van der Waals surface area contributed by atoms with Crippen molar-refractivity contribution in [2.75, 3.05) is 12.0 Å². The summed E-state index contributed by atoms with van der Waals surface area (Å²) in [6, 6.07) is 22.8. The Morgan fingerprint density at radius 2 is 1.73 bits per heavy atom. The molecule has 9 heteroatoms. The van der Waals surface area contributed by atoms with Crippen LogP contribution in [-0.2, 0) is 10.1 Å². The molecule has 0 radical (unpaired) electrons. The molecule has 168 valence electrons. The topological polar surface area (TPSA) is 89.9 Å². The van der Waals surface area contributed by atoms with Crippen LogP contribution in [0.3, 0.4) is 0 Å². The summed E-state index contributed by atoms with van der Waals surface area (Å²) in [4.78, 5) is 4.59. The average Bonchev–Trinajstić information content (AvgIpc) is 3.31. The average molecular weight is 480 g/mol. The molecule has 0 saturated heterocycles.